The summed E-state index contributed by atoms with van der Waals surface area (Å²) in [5, 5.41) is 0.841. The molecule has 2 aliphatic heterocycles. The van der Waals surface area contributed by atoms with Gasteiger partial charge in [-0.2, -0.15) is 0 Å². The van der Waals surface area contributed by atoms with Gasteiger partial charge in [-0.15, -0.1) is 0 Å². The first kappa shape index (κ1) is 14.5. The lowest BCUT2D eigenvalue weighted by Crippen LogP contribution is -2.44. The van der Waals surface area contributed by atoms with E-state index in [9.17, 15) is 4.79 Å². The van der Waals surface area contributed by atoms with Crippen LogP contribution in [0.1, 0.15) is 39.0 Å². The Labute approximate surface area is 118 Å². The minimum atomic E-state index is 0.203. The molecule has 2 rings (SSSR count). The number of amides is 1. The molecule has 1 amide bonds. The molecule has 0 aliphatic carbocycles. The van der Waals surface area contributed by atoms with E-state index in [4.69, 9.17) is 4.74 Å². The molecule has 0 spiro atoms. The van der Waals surface area contributed by atoms with Crippen molar-refractivity contribution in [2.45, 2.75) is 50.4 Å². The Kier molecular flexibility index (Phi) is 6.18. The molecule has 0 unspecified atom stereocenters. The molecule has 0 bridgehead atoms. The fraction of sp³-hybridized carbons (Fsp3) is 0.923. The summed E-state index contributed by atoms with van der Waals surface area (Å²) in [6, 6.07) is 0. The fourth-order valence-electron chi connectivity index (χ4n) is 2.42. The lowest BCUT2D eigenvalue weighted by atomic mass is 10.1. The standard InChI is InChI=1S/C13H23NO2S2/c1-11-10-14(7-8-16-11)13(15)5-3-2-4-12-6-9-17-18-12/h11-12H,2-10H2,1H3/t11-,12-/m0/s1. The number of unbranched alkanes of at least 4 members (excludes halogenated alkanes) is 1. The van der Waals surface area contributed by atoms with Crippen LogP contribution in [0.25, 0.3) is 0 Å². The zero-order chi connectivity index (χ0) is 12.8. The van der Waals surface area contributed by atoms with Crippen LogP contribution in [0.3, 0.4) is 0 Å². The molecule has 2 aliphatic rings. The molecule has 0 radical (unpaired) electrons. The number of morpholine rings is 1. The Hall–Kier alpha value is 0.130. The van der Waals surface area contributed by atoms with Crippen molar-refractivity contribution in [2.75, 3.05) is 25.4 Å². The van der Waals surface area contributed by atoms with Crippen molar-refractivity contribution >= 4 is 27.5 Å². The maximum atomic E-state index is 12.0. The Bertz CT molecular complexity index is 270. The minimum Gasteiger partial charge on any atom is -0.375 e. The van der Waals surface area contributed by atoms with Crippen LogP contribution in [-0.4, -0.2) is 47.6 Å². The van der Waals surface area contributed by atoms with Gasteiger partial charge in [0.05, 0.1) is 12.7 Å². The largest absolute Gasteiger partial charge is 0.375 e. The van der Waals surface area contributed by atoms with E-state index >= 15 is 0 Å². The molecule has 5 heteroatoms. The van der Waals surface area contributed by atoms with E-state index in [1.807, 2.05) is 33.4 Å². The van der Waals surface area contributed by atoms with Gasteiger partial charge in [0.15, 0.2) is 0 Å². The van der Waals surface area contributed by atoms with Crippen LogP contribution in [0.15, 0.2) is 0 Å². The lowest BCUT2D eigenvalue weighted by molar-refractivity contribution is -0.138. The Morgan fingerprint density at radius 3 is 3.06 bits per heavy atom. The maximum absolute atomic E-state index is 12.0. The highest BCUT2D eigenvalue weighted by atomic mass is 33.1. The summed E-state index contributed by atoms with van der Waals surface area (Å²) in [5.74, 6) is 1.62. The molecule has 0 aromatic rings. The SMILES string of the molecule is C[C@H]1CN(C(=O)CCCC[C@H]2CCSS2)CCO1. The van der Waals surface area contributed by atoms with Gasteiger partial charge in [-0.1, -0.05) is 28.0 Å². The topological polar surface area (TPSA) is 29.5 Å². The molecule has 2 saturated heterocycles. The molecule has 104 valence electrons. The summed E-state index contributed by atoms with van der Waals surface area (Å²) in [5.41, 5.74) is 0. The Balaban J connectivity index is 1.56. The molecule has 18 heavy (non-hydrogen) atoms. The normalized spacial score (nSPS) is 28.6. The van der Waals surface area contributed by atoms with Crippen molar-refractivity contribution in [1.29, 1.82) is 0 Å². The lowest BCUT2D eigenvalue weighted by Gasteiger charge is -2.31. The van der Waals surface area contributed by atoms with Gasteiger partial charge in [-0.3, -0.25) is 4.79 Å². The van der Waals surface area contributed by atoms with Gasteiger partial charge in [0.2, 0.25) is 5.91 Å². The van der Waals surface area contributed by atoms with Gasteiger partial charge in [0.1, 0.15) is 0 Å². The van der Waals surface area contributed by atoms with Crippen molar-refractivity contribution in [3.05, 3.63) is 0 Å². The molecule has 0 aromatic carbocycles. The first-order chi connectivity index (χ1) is 8.75. The molecular formula is C13H23NO2S2. The highest BCUT2D eigenvalue weighted by molar-refractivity contribution is 8.77. The molecule has 2 fully saturated rings. The van der Waals surface area contributed by atoms with Crippen LogP contribution in [0.5, 0.6) is 0 Å². The zero-order valence-electron chi connectivity index (χ0n) is 11.1. The monoisotopic (exact) mass is 289 g/mol. The minimum absolute atomic E-state index is 0.203. The number of carbonyl (C=O) groups is 1. The summed E-state index contributed by atoms with van der Waals surface area (Å²) >= 11 is 0. The predicted molar refractivity (Wildman–Crippen MR) is 78.9 cm³/mol. The highest BCUT2D eigenvalue weighted by Crippen LogP contribution is 2.39. The second-order valence-electron chi connectivity index (χ2n) is 5.10. The summed E-state index contributed by atoms with van der Waals surface area (Å²) in [4.78, 5) is 14.0. The van der Waals surface area contributed by atoms with E-state index in [1.54, 1.807) is 0 Å². The van der Waals surface area contributed by atoms with Crippen LogP contribution in [0.2, 0.25) is 0 Å². The van der Waals surface area contributed by atoms with E-state index in [1.165, 1.54) is 25.0 Å². The molecule has 0 saturated carbocycles. The van der Waals surface area contributed by atoms with Crippen LogP contribution in [0, 0.1) is 0 Å². The number of ether oxygens (including phenoxy) is 1. The van der Waals surface area contributed by atoms with Crippen LogP contribution >= 0.6 is 21.6 Å². The number of hydrogen-bond donors (Lipinski definition) is 0. The Morgan fingerprint density at radius 2 is 2.33 bits per heavy atom. The average molecular weight is 289 g/mol. The van der Waals surface area contributed by atoms with E-state index in [0.717, 1.165) is 31.2 Å². The first-order valence-corrected chi connectivity index (χ1v) is 9.31. The summed E-state index contributed by atoms with van der Waals surface area (Å²) < 4.78 is 5.45. The number of carbonyl (C=O) groups excluding carboxylic acids is 1. The molecule has 2 heterocycles. The van der Waals surface area contributed by atoms with Gasteiger partial charge in [0.25, 0.3) is 0 Å². The average Bonchev–Trinajstić information content (AvgIpc) is 2.87. The second kappa shape index (κ2) is 7.65. The first-order valence-electron chi connectivity index (χ1n) is 6.93. The summed E-state index contributed by atoms with van der Waals surface area (Å²) in [6.45, 7) is 4.28. The zero-order valence-corrected chi connectivity index (χ0v) is 12.7. The smallest absolute Gasteiger partial charge is 0.222 e. The van der Waals surface area contributed by atoms with E-state index in [2.05, 4.69) is 0 Å². The summed E-state index contributed by atoms with van der Waals surface area (Å²) in [7, 11) is 4.03. The molecular weight excluding hydrogens is 266 g/mol. The van der Waals surface area contributed by atoms with Crippen molar-refractivity contribution in [3.63, 3.8) is 0 Å². The van der Waals surface area contributed by atoms with Crippen molar-refractivity contribution in [1.82, 2.24) is 4.90 Å². The molecule has 2 atom stereocenters. The Morgan fingerprint density at radius 1 is 1.44 bits per heavy atom. The number of rotatable bonds is 5. The maximum Gasteiger partial charge on any atom is 0.222 e. The third-order valence-corrected chi connectivity index (χ3v) is 6.49. The second-order valence-corrected chi connectivity index (χ2v) is 7.88. The molecule has 3 nitrogen and oxygen atoms in total. The van der Waals surface area contributed by atoms with Gasteiger partial charge in [-0.25, -0.2) is 0 Å². The van der Waals surface area contributed by atoms with Crippen molar-refractivity contribution < 1.29 is 9.53 Å². The van der Waals surface area contributed by atoms with Gasteiger partial charge < -0.3 is 9.64 Å². The van der Waals surface area contributed by atoms with Crippen LogP contribution in [0.4, 0.5) is 0 Å². The molecule has 0 aromatic heterocycles. The quantitative estimate of drug-likeness (QED) is 0.575. The van der Waals surface area contributed by atoms with E-state index < -0.39 is 0 Å². The third kappa shape index (κ3) is 4.67. The van der Waals surface area contributed by atoms with E-state index in [0.29, 0.717) is 12.5 Å². The molecule has 0 N–H and O–H groups in total. The van der Waals surface area contributed by atoms with Crippen molar-refractivity contribution in [2.24, 2.45) is 0 Å². The van der Waals surface area contributed by atoms with Crippen LogP contribution < -0.4 is 0 Å². The predicted octanol–water partition coefficient (Wildman–Crippen LogP) is 2.95. The van der Waals surface area contributed by atoms with Gasteiger partial charge >= 0.3 is 0 Å². The highest BCUT2D eigenvalue weighted by Gasteiger charge is 2.21. The number of hydrogen-bond acceptors (Lipinski definition) is 4. The van der Waals surface area contributed by atoms with Crippen LogP contribution in [-0.2, 0) is 9.53 Å². The third-order valence-electron chi connectivity index (χ3n) is 3.49. The fourth-order valence-corrected chi connectivity index (χ4v) is 5.44. The summed E-state index contributed by atoms with van der Waals surface area (Å²) in [6.07, 6.45) is 5.80. The van der Waals surface area contributed by atoms with E-state index in [-0.39, 0.29) is 6.10 Å². The van der Waals surface area contributed by atoms with Gasteiger partial charge in [-0.05, 0) is 26.2 Å². The van der Waals surface area contributed by atoms with Crippen molar-refractivity contribution in [3.8, 4) is 0 Å². The van der Waals surface area contributed by atoms with Gasteiger partial charge in [0, 0.05) is 30.5 Å². The number of nitrogens with zero attached hydrogens (tertiary/aromatic N) is 1.